The minimum atomic E-state index is -0.0940. The standard InChI is InChI=1S/C13H16N4O/c14-5-4-10-2-1-3-11(6-10)13(18)16-8-12-7-15-9-17-12/h1-3,6-7,9H,4-5,8,14H2,(H,15,17)(H,16,18). The van der Waals surface area contributed by atoms with Crippen molar-refractivity contribution in [3.8, 4) is 0 Å². The maximum Gasteiger partial charge on any atom is 0.251 e. The molecule has 5 nitrogen and oxygen atoms in total. The van der Waals surface area contributed by atoms with E-state index in [0.29, 0.717) is 18.7 Å². The minimum Gasteiger partial charge on any atom is -0.347 e. The Morgan fingerprint density at radius 3 is 3.06 bits per heavy atom. The highest BCUT2D eigenvalue weighted by atomic mass is 16.1. The number of nitrogens with one attached hydrogen (secondary N) is 2. The predicted molar refractivity (Wildman–Crippen MR) is 69.0 cm³/mol. The molecule has 0 aliphatic carbocycles. The van der Waals surface area contributed by atoms with E-state index in [4.69, 9.17) is 5.73 Å². The van der Waals surface area contributed by atoms with E-state index in [0.717, 1.165) is 17.7 Å². The van der Waals surface area contributed by atoms with E-state index < -0.39 is 0 Å². The molecule has 0 spiro atoms. The van der Waals surface area contributed by atoms with Gasteiger partial charge in [0.15, 0.2) is 0 Å². The van der Waals surface area contributed by atoms with Crippen LogP contribution < -0.4 is 11.1 Å². The van der Waals surface area contributed by atoms with Crippen LogP contribution in [0.5, 0.6) is 0 Å². The normalized spacial score (nSPS) is 10.3. The van der Waals surface area contributed by atoms with Gasteiger partial charge in [0.2, 0.25) is 0 Å². The summed E-state index contributed by atoms with van der Waals surface area (Å²) < 4.78 is 0. The number of aromatic amines is 1. The second-order valence-electron chi connectivity index (χ2n) is 4.00. The maximum absolute atomic E-state index is 11.9. The first-order chi connectivity index (χ1) is 8.79. The number of benzene rings is 1. The molecule has 1 amide bonds. The Morgan fingerprint density at radius 1 is 1.44 bits per heavy atom. The molecule has 0 unspecified atom stereocenters. The summed E-state index contributed by atoms with van der Waals surface area (Å²) in [4.78, 5) is 18.7. The van der Waals surface area contributed by atoms with Gasteiger partial charge in [-0.05, 0) is 30.7 Å². The van der Waals surface area contributed by atoms with Crippen molar-refractivity contribution in [1.29, 1.82) is 0 Å². The van der Waals surface area contributed by atoms with Crippen LogP contribution in [0.4, 0.5) is 0 Å². The molecule has 5 heteroatoms. The number of H-pyrrole nitrogens is 1. The summed E-state index contributed by atoms with van der Waals surface area (Å²) in [5.41, 5.74) is 8.10. The van der Waals surface area contributed by atoms with Gasteiger partial charge in [0.1, 0.15) is 0 Å². The number of nitrogens with zero attached hydrogens (tertiary/aromatic N) is 1. The Kier molecular flexibility index (Phi) is 4.09. The van der Waals surface area contributed by atoms with Gasteiger partial charge in [0.25, 0.3) is 5.91 Å². The number of carbonyl (C=O) groups excluding carboxylic acids is 1. The van der Waals surface area contributed by atoms with Crippen LogP contribution in [0, 0.1) is 0 Å². The summed E-state index contributed by atoms with van der Waals surface area (Å²) in [5, 5.41) is 2.83. The van der Waals surface area contributed by atoms with Gasteiger partial charge in [-0.1, -0.05) is 12.1 Å². The predicted octanol–water partition coefficient (Wildman–Crippen LogP) is 0.841. The van der Waals surface area contributed by atoms with Crippen LogP contribution in [0.3, 0.4) is 0 Å². The van der Waals surface area contributed by atoms with E-state index in [1.165, 1.54) is 0 Å². The minimum absolute atomic E-state index is 0.0940. The average Bonchev–Trinajstić information content (AvgIpc) is 2.90. The van der Waals surface area contributed by atoms with E-state index >= 15 is 0 Å². The molecule has 2 rings (SSSR count). The Labute approximate surface area is 105 Å². The Balaban J connectivity index is 1.97. The number of amides is 1. The van der Waals surface area contributed by atoms with Crippen molar-refractivity contribution < 1.29 is 4.79 Å². The molecule has 0 aliphatic heterocycles. The zero-order chi connectivity index (χ0) is 12.8. The Hall–Kier alpha value is -2.14. The number of aromatic nitrogens is 2. The van der Waals surface area contributed by atoms with Crippen molar-refractivity contribution >= 4 is 5.91 Å². The highest BCUT2D eigenvalue weighted by molar-refractivity contribution is 5.94. The summed E-state index contributed by atoms with van der Waals surface area (Å²) in [5.74, 6) is -0.0940. The van der Waals surface area contributed by atoms with E-state index in [9.17, 15) is 4.79 Å². The number of carbonyl (C=O) groups is 1. The number of hydrogen-bond acceptors (Lipinski definition) is 3. The van der Waals surface area contributed by atoms with Crippen molar-refractivity contribution in [2.75, 3.05) is 6.54 Å². The molecule has 1 aromatic carbocycles. The fourth-order valence-corrected chi connectivity index (χ4v) is 1.69. The molecule has 0 atom stereocenters. The van der Waals surface area contributed by atoms with Crippen LogP contribution in [-0.4, -0.2) is 22.4 Å². The summed E-state index contributed by atoms with van der Waals surface area (Å²) >= 11 is 0. The van der Waals surface area contributed by atoms with Crippen LogP contribution in [0.15, 0.2) is 36.8 Å². The molecule has 94 valence electrons. The highest BCUT2D eigenvalue weighted by Crippen LogP contribution is 2.06. The molecule has 0 radical (unpaired) electrons. The van der Waals surface area contributed by atoms with Gasteiger partial charge in [-0.25, -0.2) is 4.98 Å². The zero-order valence-electron chi connectivity index (χ0n) is 10.0. The van der Waals surface area contributed by atoms with Crippen LogP contribution in [0.1, 0.15) is 21.6 Å². The molecule has 4 N–H and O–H groups in total. The summed E-state index contributed by atoms with van der Waals surface area (Å²) in [6, 6.07) is 7.51. The lowest BCUT2D eigenvalue weighted by atomic mass is 10.1. The lowest BCUT2D eigenvalue weighted by molar-refractivity contribution is 0.0950. The lowest BCUT2D eigenvalue weighted by Gasteiger charge is -2.05. The molecule has 1 heterocycles. The van der Waals surface area contributed by atoms with Gasteiger partial charge >= 0.3 is 0 Å². The van der Waals surface area contributed by atoms with Gasteiger partial charge in [0, 0.05) is 11.8 Å². The molecule has 1 aromatic heterocycles. The monoisotopic (exact) mass is 244 g/mol. The van der Waals surface area contributed by atoms with E-state index in [2.05, 4.69) is 15.3 Å². The van der Waals surface area contributed by atoms with Gasteiger partial charge in [-0.2, -0.15) is 0 Å². The molecule has 0 bridgehead atoms. The molecule has 0 saturated heterocycles. The molecule has 0 fully saturated rings. The van der Waals surface area contributed by atoms with E-state index in [1.807, 2.05) is 18.2 Å². The van der Waals surface area contributed by atoms with Crippen molar-refractivity contribution in [3.05, 3.63) is 53.6 Å². The molecule has 2 aromatic rings. The average molecular weight is 244 g/mol. The molecular formula is C13H16N4O. The van der Waals surface area contributed by atoms with Crippen LogP contribution in [0.25, 0.3) is 0 Å². The van der Waals surface area contributed by atoms with Gasteiger partial charge in [-0.3, -0.25) is 4.79 Å². The Bertz CT molecular complexity index is 507. The first kappa shape index (κ1) is 12.3. The second-order valence-corrected chi connectivity index (χ2v) is 4.00. The van der Waals surface area contributed by atoms with E-state index in [1.54, 1.807) is 18.6 Å². The zero-order valence-corrected chi connectivity index (χ0v) is 10.0. The second kappa shape index (κ2) is 5.97. The summed E-state index contributed by atoms with van der Waals surface area (Å²) in [7, 11) is 0. The molecular weight excluding hydrogens is 228 g/mol. The number of rotatable bonds is 5. The van der Waals surface area contributed by atoms with Crippen LogP contribution >= 0.6 is 0 Å². The fourth-order valence-electron chi connectivity index (χ4n) is 1.69. The molecule has 18 heavy (non-hydrogen) atoms. The molecule has 0 saturated carbocycles. The summed E-state index contributed by atoms with van der Waals surface area (Å²) in [6.45, 7) is 1.03. The number of nitrogens with two attached hydrogens (primary N) is 1. The van der Waals surface area contributed by atoms with Gasteiger partial charge < -0.3 is 16.0 Å². The topological polar surface area (TPSA) is 83.8 Å². The van der Waals surface area contributed by atoms with Gasteiger partial charge in [-0.15, -0.1) is 0 Å². The smallest absolute Gasteiger partial charge is 0.251 e. The summed E-state index contributed by atoms with van der Waals surface area (Å²) in [6.07, 6.45) is 4.05. The number of hydrogen-bond donors (Lipinski definition) is 3. The quantitative estimate of drug-likeness (QED) is 0.728. The van der Waals surface area contributed by atoms with Crippen molar-refractivity contribution in [3.63, 3.8) is 0 Å². The van der Waals surface area contributed by atoms with E-state index in [-0.39, 0.29) is 5.91 Å². The van der Waals surface area contributed by atoms with Crippen molar-refractivity contribution in [2.24, 2.45) is 5.73 Å². The third kappa shape index (κ3) is 3.18. The Morgan fingerprint density at radius 2 is 2.33 bits per heavy atom. The van der Waals surface area contributed by atoms with Crippen molar-refractivity contribution in [1.82, 2.24) is 15.3 Å². The fraction of sp³-hybridized carbons (Fsp3) is 0.231. The lowest BCUT2D eigenvalue weighted by Crippen LogP contribution is -2.23. The van der Waals surface area contributed by atoms with Crippen LogP contribution in [0.2, 0.25) is 0 Å². The van der Waals surface area contributed by atoms with Gasteiger partial charge in [0.05, 0.1) is 18.6 Å². The molecule has 0 aliphatic rings. The van der Waals surface area contributed by atoms with Crippen LogP contribution in [-0.2, 0) is 13.0 Å². The third-order valence-electron chi connectivity index (χ3n) is 2.62. The number of imidazole rings is 1. The highest BCUT2D eigenvalue weighted by Gasteiger charge is 2.06. The van der Waals surface area contributed by atoms with Crippen molar-refractivity contribution in [2.45, 2.75) is 13.0 Å². The largest absolute Gasteiger partial charge is 0.347 e. The first-order valence-corrected chi connectivity index (χ1v) is 5.84. The third-order valence-corrected chi connectivity index (χ3v) is 2.62. The maximum atomic E-state index is 11.9. The first-order valence-electron chi connectivity index (χ1n) is 5.84. The SMILES string of the molecule is NCCc1cccc(C(=O)NCc2cnc[nH]2)c1.